The van der Waals surface area contributed by atoms with Gasteiger partial charge in [0, 0.05) is 13.1 Å². The molecule has 0 radical (unpaired) electrons. The number of piperidine rings is 1. The summed E-state index contributed by atoms with van der Waals surface area (Å²) in [7, 11) is 0. The summed E-state index contributed by atoms with van der Waals surface area (Å²) in [6.45, 7) is 9.08. The van der Waals surface area contributed by atoms with Crippen molar-refractivity contribution in [2.24, 2.45) is 0 Å². The summed E-state index contributed by atoms with van der Waals surface area (Å²) in [6, 6.07) is 6.70. The van der Waals surface area contributed by atoms with E-state index in [-0.39, 0.29) is 0 Å². The largest absolute Gasteiger partial charge is 0.389 e. The van der Waals surface area contributed by atoms with E-state index in [1.165, 1.54) is 16.7 Å². The summed E-state index contributed by atoms with van der Waals surface area (Å²) in [5, 5.41) is 10.1. The number of benzene rings is 1. The van der Waals surface area contributed by atoms with Crippen LogP contribution in [-0.2, 0) is 6.54 Å². The molecule has 1 aliphatic rings. The summed E-state index contributed by atoms with van der Waals surface area (Å²) in [5.74, 6) is 0. The van der Waals surface area contributed by atoms with Crippen molar-refractivity contribution in [2.75, 3.05) is 13.1 Å². The van der Waals surface area contributed by atoms with Crippen LogP contribution in [0, 0.1) is 13.8 Å². The van der Waals surface area contributed by atoms with Crippen molar-refractivity contribution >= 4 is 0 Å². The van der Waals surface area contributed by atoms with Gasteiger partial charge in [0.1, 0.15) is 0 Å². The van der Waals surface area contributed by atoms with E-state index in [1.54, 1.807) is 0 Å². The second-order valence-electron chi connectivity index (χ2n) is 5.81. The van der Waals surface area contributed by atoms with Crippen molar-refractivity contribution in [3.05, 3.63) is 34.9 Å². The molecule has 1 atom stereocenters. The van der Waals surface area contributed by atoms with E-state index in [0.29, 0.717) is 0 Å². The van der Waals surface area contributed by atoms with E-state index in [2.05, 4.69) is 36.9 Å². The van der Waals surface area contributed by atoms with E-state index in [0.717, 1.165) is 32.5 Å². The molecule has 1 N–H and O–H groups in total. The molecule has 1 aromatic rings. The van der Waals surface area contributed by atoms with Gasteiger partial charge in [-0.2, -0.15) is 0 Å². The van der Waals surface area contributed by atoms with Gasteiger partial charge in [0.15, 0.2) is 0 Å². The van der Waals surface area contributed by atoms with Crippen molar-refractivity contribution in [3.8, 4) is 0 Å². The Morgan fingerprint density at radius 3 is 2.47 bits per heavy atom. The van der Waals surface area contributed by atoms with E-state index in [9.17, 15) is 5.11 Å². The molecule has 0 aliphatic carbocycles. The first-order valence-electron chi connectivity index (χ1n) is 6.47. The third-order valence-corrected chi connectivity index (χ3v) is 3.44. The van der Waals surface area contributed by atoms with Gasteiger partial charge in [-0.3, -0.25) is 4.90 Å². The molecule has 0 saturated carbocycles. The fourth-order valence-electron chi connectivity index (χ4n) is 2.88. The number of aryl methyl sites for hydroxylation is 2. The lowest BCUT2D eigenvalue weighted by atomic mass is 9.94. The van der Waals surface area contributed by atoms with Crippen molar-refractivity contribution in [2.45, 2.75) is 45.8 Å². The van der Waals surface area contributed by atoms with Crippen molar-refractivity contribution < 1.29 is 5.11 Å². The van der Waals surface area contributed by atoms with Gasteiger partial charge in [-0.1, -0.05) is 29.3 Å². The third-order valence-electron chi connectivity index (χ3n) is 3.44. The van der Waals surface area contributed by atoms with Crippen LogP contribution in [0.15, 0.2) is 18.2 Å². The molecule has 0 aromatic heterocycles. The molecular formula is C15H23NO. The van der Waals surface area contributed by atoms with Crippen LogP contribution in [-0.4, -0.2) is 28.7 Å². The van der Waals surface area contributed by atoms with Crippen LogP contribution in [0.25, 0.3) is 0 Å². The van der Waals surface area contributed by atoms with Gasteiger partial charge in [0.2, 0.25) is 0 Å². The monoisotopic (exact) mass is 233 g/mol. The van der Waals surface area contributed by atoms with Crippen LogP contribution in [0.1, 0.15) is 36.5 Å². The number of rotatable bonds is 2. The Morgan fingerprint density at radius 2 is 1.88 bits per heavy atom. The lowest BCUT2D eigenvalue weighted by Gasteiger charge is -2.36. The molecule has 0 spiro atoms. The Morgan fingerprint density at radius 1 is 1.24 bits per heavy atom. The number of β-amino-alcohol motifs (C(OH)–C–C–N with tert-alkyl or cyclic N) is 1. The van der Waals surface area contributed by atoms with Crippen LogP contribution >= 0.6 is 0 Å². The molecular weight excluding hydrogens is 210 g/mol. The van der Waals surface area contributed by atoms with Crippen molar-refractivity contribution in [3.63, 3.8) is 0 Å². The number of aliphatic hydroxyl groups is 1. The summed E-state index contributed by atoms with van der Waals surface area (Å²) >= 11 is 0. The van der Waals surface area contributed by atoms with Crippen LogP contribution in [0.4, 0.5) is 0 Å². The Balaban J connectivity index is 2.05. The zero-order chi connectivity index (χ0) is 12.5. The van der Waals surface area contributed by atoms with Gasteiger partial charge < -0.3 is 5.11 Å². The second kappa shape index (κ2) is 4.79. The molecule has 2 rings (SSSR count). The lowest BCUT2D eigenvalue weighted by Crippen LogP contribution is -2.45. The third kappa shape index (κ3) is 3.55. The van der Waals surface area contributed by atoms with Crippen molar-refractivity contribution in [1.29, 1.82) is 0 Å². The topological polar surface area (TPSA) is 23.5 Å². The Kier molecular flexibility index (Phi) is 3.55. The van der Waals surface area contributed by atoms with Crippen LogP contribution in [0.5, 0.6) is 0 Å². The molecule has 1 fully saturated rings. The SMILES string of the molecule is Cc1cc(C)cc(CN2CCCC(C)(O)C2)c1. The summed E-state index contributed by atoms with van der Waals surface area (Å²) in [4.78, 5) is 2.36. The Labute approximate surface area is 104 Å². The molecule has 1 saturated heterocycles. The average molecular weight is 233 g/mol. The fourth-order valence-corrected chi connectivity index (χ4v) is 2.88. The highest BCUT2D eigenvalue weighted by Crippen LogP contribution is 2.22. The average Bonchev–Trinajstić information content (AvgIpc) is 2.13. The minimum atomic E-state index is -0.503. The maximum atomic E-state index is 10.1. The zero-order valence-electron chi connectivity index (χ0n) is 11.2. The summed E-state index contributed by atoms with van der Waals surface area (Å²) in [6.07, 6.45) is 2.02. The number of likely N-dealkylation sites (tertiary alicyclic amines) is 1. The first kappa shape index (κ1) is 12.6. The maximum Gasteiger partial charge on any atom is 0.0746 e. The number of hydrogen-bond donors (Lipinski definition) is 1. The minimum absolute atomic E-state index is 0.503. The van der Waals surface area contributed by atoms with Gasteiger partial charge in [-0.25, -0.2) is 0 Å². The maximum absolute atomic E-state index is 10.1. The first-order chi connectivity index (χ1) is 7.94. The highest BCUT2D eigenvalue weighted by molar-refractivity contribution is 5.28. The molecule has 1 aliphatic heterocycles. The first-order valence-corrected chi connectivity index (χ1v) is 6.47. The molecule has 17 heavy (non-hydrogen) atoms. The highest BCUT2D eigenvalue weighted by atomic mass is 16.3. The molecule has 2 nitrogen and oxygen atoms in total. The molecule has 1 heterocycles. The minimum Gasteiger partial charge on any atom is -0.389 e. The van der Waals surface area contributed by atoms with Gasteiger partial charge in [-0.15, -0.1) is 0 Å². The Hall–Kier alpha value is -0.860. The van der Waals surface area contributed by atoms with Gasteiger partial charge in [0.05, 0.1) is 5.60 Å². The van der Waals surface area contributed by atoms with Crippen molar-refractivity contribution in [1.82, 2.24) is 4.90 Å². The predicted octanol–water partition coefficient (Wildman–Crippen LogP) is 2.65. The smallest absolute Gasteiger partial charge is 0.0746 e. The fraction of sp³-hybridized carbons (Fsp3) is 0.600. The molecule has 1 unspecified atom stereocenters. The summed E-state index contributed by atoms with van der Waals surface area (Å²) in [5.41, 5.74) is 3.50. The van der Waals surface area contributed by atoms with E-state index < -0.39 is 5.60 Å². The predicted molar refractivity (Wildman–Crippen MR) is 71.1 cm³/mol. The summed E-state index contributed by atoms with van der Waals surface area (Å²) < 4.78 is 0. The number of hydrogen-bond acceptors (Lipinski definition) is 2. The quantitative estimate of drug-likeness (QED) is 0.849. The van der Waals surface area contributed by atoms with E-state index in [4.69, 9.17) is 0 Å². The number of nitrogens with zero attached hydrogens (tertiary/aromatic N) is 1. The lowest BCUT2D eigenvalue weighted by molar-refractivity contribution is -0.0181. The molecule has 94 valence electrons. The highest BCUT2D eigenvalue weighted by Gasteiger charge is 2.28. The van der Waals surface area contributed by atoms with E-state index in [1.807, 2.05) is 6.92 Å². The molecule has 1 aromatic carbocycles. The van der Waals surface area contributed by atoms with Crippen LogP contribution < -0.4 is 0 Å². The molecule has 2 heteroatoms. The van der Waals surface area contributed by atoms with Crippen LogP contribution in [0.3, 0.4) is 0 Å². The molecule has 0 bridgehead atoms. The van der Waals surface area contributed by atoms with Gasteiger partial charge in [-0.05, 0) is 45.7 Å². The van der Waals surface area contributed by atoms with Gasteiger partial charge >= 0.3 is 0 Å². The zero-order valence-corrected chi connectivity index (χ0v) is 11.2. The normalized spacial score (nSPS) is 26.1. The van der Waals surface area contributed by atoms with Crippen LogP contribution in [0.2, 0.25) is 0 Å². The van der Waals surface area contributed by atoms with E-state index >= 15 is 0 Å². The van der Waals surface area contributed by atoms with Gasteiger partial charge in [0.25, 0.3) is 0 Å². The second-order valence-corrected chi connectivity index (χ2v) is 5.81. The molecule has 0 amide bonds. The standard InChI is InChI=1S/C15H23NO/c1-12-7-13(2)9-14(8-12)10-16-6-4-5-15(3,17)11-16/h7-9,17H,4-6,10-11H2,1-3H3. The Bertz CT molecular complexity index is 378.